The van der Waals surface area contributed by atoms with Gasteiger partial charge in [0.25, 0.3) is 5.56 Å². The highest BCUT2D eigenvalue weighted by atomic mass is 32.2. The molecule has 1 unspecified atom stereocenters. The molecule has 0 saturated carbocycles. The molecule has 21 heavy (non-hydrogen) atoms. The van der Waals surface area contributed by atoms with Crippen LogP contribution in [0.4, 0.5) is 0 Å². The van der Waals surface area contributed by atoms with Crippen molar-refractivity contribution < 1.29 is 8.42 Å². The highest BCUT2D eigenvalue weighted by molar-refractivity contribution is 7.89. The van der Waals surface area contributed by atoms with E-state index in [1.54, 1.807) is 0 Å². The van der Waals surface area contributed by atoms with Crippen molar-refractivity contribution in [2.75, 3.05) is 6.54 Å². The molecule has 120 valence electrons. The van der Waals surface area contributed by atoms with E-state index in [0.717, 1.165) is 28.2 Å². The highest BCUT2D eigenvalue weighted by Crippen LogP contribution is 2.05. The molecule has 1 atom stereocenters. The van der Waals surface area contributed by atoms with Crippen molar-refractivity contribution in [2.24, 2.45) is 19.8 Å². The summed E-state index contributed by atoms with van der Waals surface area (Å²) in [6.07, 6.45) is 3.37. The van der Waals surface area contributed by atoms with E-state index in [9.17, 15) is 18.0 Å². The molecule has 3 N–H and O–H groups in total. The van der Waals surface area contributed by atoms with Crippen LogP contribution >= 0.6 is 0 Å². The summed E-state index contributed by atoms with van der Waals surface area (Å²) in [6.45, 7) is 2.14. The summed E-state index contributed by atoms with van der Waals surface area (Å²) >= 11 is 0. The van der Waals surface area contributed by atoms with Crippen LogP contribution in [0.15, 0.2) is 20.7 Å². The van der Waals surface area contributed by atoms with Crippen LogP contribution in [0.3, 0.4) is 0 Å². The molecule has 0 saturated heterocycles. The predicted molar refractivity (Wildman–Crippen MR) is 79.6 cm³/mol. The van der Waals surface area contributed by atoms with Gasteiger partial charge in [-0.3, -0.25) is 9.36 Å². The van der Waals surface area contributed by atoms with Crippen LogP contribution < -0.4 is 21.7 Å². The Kier molecular flexibility index (Phi) is 5.87. The number of aryl methyl sites for hydroxylation is 1. The van der Waals surface area contributed by atoms with Gasteiger partial charge in [-0.2, -0.15) is 0 Å². The lowest BCUT2D eigenvalue weighted by atomic mass is 10.1. The van der Waals surface area contributed by atoms with Gasteiger partial charge in [-0.15, -0.1) is 0 Å². The monoisotopic (exact) mass is 318 g/mol. The fraction of sp³-hybridized carbons (Fsp3) is 0.667. The summed E-state index contributed by atoms with van der Waals surface area (Å²) in [7, 11) is -1.39. The standard InChI is InChI=1S/C12H22N4O4S/c1-4-5-6-9(7-13)14-21(19,20)10-8-15(2)12(18)16(3)11(10)17/h8-9,14H,4-7,13H2,1-3H3. The van der Waals surface area contributed by atoms with Gasteiger partial charge in [0.15, 0.2) is 4.90 Å². The number of rotatable bonds is 7. The summed E-state index contributed by atoms with van der Waals surface area (Å²) in [5.41, 5.74) is 4.12. The molecule has 0 aliphatic heterocycles. The molecular weight excluding hydrogens is 296 g/mol. The molecule has 0 radical (unpaired) electrons. The van der Waals surface area contributed by atoms with Crippen LogP contribution in [-0.4, -0.2) is 30.1 Å². The third-order valence-electron chi connectivity index (χ3n) is 3.22. The first kappa shape index (κ1) is 17.6. The number of hydrogen-bond acceptors (Lipinski definition) is 5. The van der Waals surface area contributed by atoms with Gasteiger partial charge in [-0.25, -0.2) is 17.9 Å². The van der Waals surface area contributed by atoms with Gasteiger partial charge >= 0.3 is 5.69 Å². The van der Waals surface area contributed by atoms with Crippen molar-refractivity contribution in [1.82, 2.24) is 13.9 Å². The number of unbranched alkanes of at least 4 members (excludes halogenated alkanes) is 1. The maximum absolute atomic E-state index is 12.3. The normalized spacial score (nSPS) is 13.3. The Hall–Kier alpha value is -1.45. The zero-order chi connectivity index (χ0) is 16.2. The average Bonchev–Trinajstić information content (AvgIpc) is 2.44. The second-order valence-electron chi connectivity index (χ2n) is 4.95. The summed E-state index contributed by atoms with van der Waals surface area (Å²) in [5, 5.41) is 0. The molecule has 0 bridgehead atoms. The quantitative estimate of drug-likeness (QED) is 0.660. The van der Waals surface area contributed by atoms with Crippen molar-refractivity contribution in [3.05, 3.63) is 27.0 Å². The van der Waals surface area contributed by atoms with Crippen molar-refractivity contribution in [3.63, 3.8) is 0 Å². The second-order valence-corrected chi connectivity index (χ2v) is 6.63. The van der Waals surface area contributed by atoms with Crippen LogP contribution in [0.25, 0.3) is 0 Å². The molecule has 0 aromatic carbocycles. The molecule has 0 aliphatic carbocycles. The fourth-order valence-corrected chi connectivity index (χ4v) is 3.36. The van der Waals surface area contributed by atoms with E-state index in [1.807, 2.05) is 6.92 Å². The van der Waals surface area contributed by atoms with Gasteiger partial charge in [0.2, 0.25) is 10.0 Å². The second kappa shape index (κ2) is 7.01. The number of nitrogens with two attached hydrogens (primary N) is 1. The van der Waals surface area contributed by atoms with Crippen molar-refractivity contribution in [3.8, 4) is 0 Å². The summed E-state index contributed by atoms with van der Waals surface area (Å²) < 4.78 is 28.9. The maximum atomic E-state index is 12.3. The van der Waals surface area contributed by atoms with Gasteiger partial charge in [0.05, 0.1) is 0 Å². The highest BCUT2D eigenvalue weighted by Gasteiger charge is 2.24. The lowest BCUT2D eigenvalue weighted by Gasteiger charge is -2.16. The van der Waals surface area contributed by atoms with Gasteiger partial charge in [0.1, 0.15) is 0 Å². The van der Waals surface area contributed by atoms with Crippen molar-refractivity contribution in [1.29, 1.82) is 0 Å². The minimum Gasteiger partial charge on any atom is -0.329 e. The average molecular weight is 318 g/mol. The van der Waals surface area contributed by atoms with Crippen LogP contribution in [0.5, 0.6) is 0 Å². The van der Waals surface area contributed by atoms with Gasteiger partial charge in [-0.05, 0) is 6.42 Å². The molecule has 8 nitrogen and oxygen atoms in total. The zero-order valence-electron chi connectivity index (χ0n) is 12.5. The van der Waals surface area contributed by atoms with Crippen LogP contribution in [0.1, 0.15) is 26.2 Å². The van der Waals surface area contributed by atoms with Gasteiger partial charge < -0.3 is 10.3 Å². The Morgan fingerprint density at radius 3 is 2.48 bits per heavy atom. The number of sulfonamides is 1. The summed E-state index contributed by atoms with van der Waals surface area (Å²) in [4.78, 5) is 23.1. The molecular formula is C12H22N4O4S. The fourth-order valence-electron chi connectivity index (χ4n) is 1.92. The topological polar surface area (TPSA) is 116 Å². The Morgan fingerprint density at radius 2 is 1.95 bits per heavy atom. The Bertz CT molecular complexity index is 705. The van der Waals surface area contributed by atoms with Crippen LogP contribution in [-0.2, 0) is 24.1 Å². The van der Waals surface area contributed by atoms with Crippen LogP contribution in [0, 0.1) is 0 Å². The van der Waals surface area contributed by atoms with E-state index in [-0.39, 0.29) is 6.54 Å². The maximum Gasteiger partial charge on any atom is 0.330 e. The summed E-state index contributed by atoms with van der Waals surface area (Å²) in [5.74, 6) is 0. The SMILES string of the molecule is CCCCC(CN)NS(=O)(=O)c1cn(C)c(=O)n(C)c1=O. The summed E-state index contributed by atoms with van der Waals surface area (Å²) in [6, 6.07) is -0.433. The first-order valence-electron chi connectivity index (χ1n) is 6.73. The Labute approximate surface area is 123 Å². The van der Waals surface area contributed by atoms with E-state index in [2.05, 4.69) is 4.72 Å². The molecule has 1 aromatic rings. The number of nitrogens with zero attached hydrogens (tertiary/aromatic N) is 2. The van der Waals surface area contributed by atoms with E-state index < -0.39 is 32.2 Å². The van der Waals surface area contributed by atoms with E-state index >= 15 is 0 Å². The minimum atomic E-state index is -4.02. The molecule has 0 aliphatic rings. The van der Waals surface area contributed by atoms with Gasteiger partial charge in [-0.1, -0.05) is 19.8 Å². The third kappa shape index (κ3) is 4.02. The van der Waals surface area contributed by atoms with Crippen LogP contribution in [0.2, 0.25) is 0 Å². The van der Waals surface area contributed by atoms with Crippen molar-refractivity contribution >= 4 is 10.0 Å². The molecule has 9 heteroatoms. The molecule has 1 heterocycles. The minimum absolute atomic E-state index is 0.144. The van der Waals surface area contributed by atoms with Crippen molar-refractivity contribution in [2.45, 2.75) is 37.1 Å². The van der Waals surface area contributed by atoms with E-state index in [0.29, 0.717) is 6.42 Å². The van der Waals surface area contributed by atoms with E-state index in [4.69, 9.17) is 5.73 Å². The number of nitrogens with one attached hydrogen (secondary N) is 1. The first-order valence-corrected chi connectivity index (χ1v) is 8.22. The predicted octanol–water partition coefficient (Wildman–Crippen LogP) is -1.12. The molecule has 0 fully saturated rings. The molecule has 1 aromatic heterocycles. The number of hydrogen-bond donors (Lipinski definition) is 2. The zero-order valence-corrected chi connectivity index (χ0v) is 13.3. The van der Waals surface area contributed by atoms with Gasteiger partial charge in [0, 0.05) is 32.9 Å². The largest absolute Gasteiger partial charge is 0.330 e. The smallest absolute Gasteiger partial charge is 0.329 e. The Balaban J connectivity index is 3.20. The lowest BCUT2D eigenvalue weighted by Crippen LogP contribution is -2.45. The third-order valence-corrected chi connectivity index (χ3v) is 4.72. The molecule has 0 amide bonds. The van der Waals surface area contributed by atoms with E-state index in [1.165, 1.54) is 14.1 Å². The molecule has 1 rings (SSSR count). The molecule has 0 spiro atoms. The Morgan fingerprint density at radius 1 is 1.33 bits per heavy atom. The lowest BCUT2D eigenvalue weighted by molar-refractivity contribution is 0.513. The number of aromatic nitrogens is 2. The first-order chi connectivity index (χ1) is 9.74.